The number of piperidine rings is 1. The summed E-state index contributed by atoms with van der Waals surface area (Å²) in [5.41, 5.74) is -0.433. The van der Waals surface area contributed by atoms with Crippen molar-refractivity contribution in [3.05, 3.63) is 0 Å². The molecule has 0 aromatic carbocycles. The first-order chi connectivity index (χ1) is 8.44. The van der Waals surface area contributed by atoms with E-state index in [1.54, 1.807) is 0 Å². The Morgan fingerprint density at radius 2 is 2.17 bits per heavy atom. The van der Waals surface area contributed by atoms with E-state index in [1.807, 2.05) is 25.7 Å². The topological polar surface area (TPSA) is 46.6 Å². The molecule has 1 aliphatic carbocycles. The first-order valence-electron chi connectivity index (χ1n) is 6.87. The molecule has 1 amide bonds. The van der Waals surface area contributed by atoms with Crippen LogP contribution >= 0.6 is 0 Å². The highest BCUT2D eigenvalue weighted by Gasteiger charge is 2.56. The highest BCUT2D eigenvalue weighted by molar-refractivity contribution is 5.69. The minimum Gasteiger partial charge on any atom is -0.444 e. The van der Waals surface area contributed by atoms with Gasteiger partial charge in [-0.3, -0.25) is 0 Å². The second-order valence-corrected chi connectivity index (χ2v) is 6.38. The lowest BCUT2D eigenvalue weighted by Crippen LogP contribution is -2.41. The van der Waals surface area contributed by atoms with Crippen LogP contribution in [0.4, 0.5) is 4.79 Å². The summed E-state index contributed by atoms with van der Waals surface area (Å²) in [6, 6.07) is 0.327. The van der Waals surface area contributed by atoms with E-state index >= 15 is 0 Å². The van der Waals surface area contributed by atoms with Crippen molar-refractivity contribution < 1.29 is 14.3 Å². The summed E-state index contributed by atoms with van der Waals surface area (Å²) in [5.74, 6) is 1.12. The molecule has 1 saturated carbocycles. The Bertz CT molecular complexity index is 334. The van der Waals surface area contributed by atoms with Crippen molar-refractivity contribution >= 4 is 12.4 Å². The van der Waals surface area contributed by atoms with Crippen molar-refractivity contribution in [1.82, 2.24) is 4.90 Å². The summed E-state index contributed by atoms with van der Waals surface area (Å²) in [6.45, 7) is 6.48. The van der Waals surface area contributed by atoms with Crippen molar-refractivity contribution in [3.8, 4) is 0 Å². The normalized spacial score (nSPS) is 30.6. The molecule has 4 nitrogen and oxygen atoms in total. The molecule has 1 aliphatic heterocycles. The maximum absolute atomic E-state index is 12.1. The molecule has 2 fully saturated rings. The third-order valence-electron chi connectivity index (χ3n) is 3.83. The maximum Gasteiger partial charge on any atom is 0.410 e. The van der Waals surface area contributed by atoms with Crippen molar-refractivity contribution in [1.29, 1.82) is 0 Å². The van der Waals surface area contributed by atoms with E-state index in [1.165, 1.54) is 6.42 Å². The molecule has 1 saturated heterocycles. The quantitative estimate of drug-likeness (QED) is 0.726. The lowest BCUT2D eigenvalue weighted by Gasteiger charge is -2.30. The zero-order chi connectivity index (χ0) is 13.3. The molecule has 0 N–H and O–H groups in total. The smallest absolute Gasteiger partial charge is 0.410 e. The van der Waals surface area contributed by atoms with E-state index in [-0.39, 0.29) is 6.09 Å². The molecule has 0 bridgehead atoms. The number of amides is 1. The monoisotopic (exact) mass is 253 g/mol. The summed E-state index contributed by atoms with van der Waals surface area (Å²) in [7, 11) is 0. The fourth-order valence-corrected chi connectivity index (χ4v) is 3.10. The van der Waals surface area contributed by atoms with Crippen LogP contribution in [0.2, 0.25) is 0 Å². The number of hydrogen-bond acceptors (Lipinski definition) is 3. The largest absolute Gasteiger partial charge is 0.444 e. The van der Waals surface area contributed by atoms with Gasteiger partial charge >= 0.3 is 6.09 Å². The molecule has 2 aliphatic rings. The van der Waals surface area contributed by atoms with Crippen LogP contribution in [0.25, 0.3) is 0 Å². The first-order valence-corrected chi connectivity index (χ1v) is 6.87. The lowest BCUT2D eigenvalue weighted by molar-refractivity contribution is -0.108. The van der Waals surface area contributed by atoms with Crippen LogP contribution < -0.4 is 0 Å². The van der Waals surface area contributed by atoms with Crippen molar-refractivity contribution in [3.63, 3.8) is 0 Å². The highest BCUT2D eigenvalue weighted by Crippen LogP contribution is 2.51. The molecular formula is C14H23NO3. The molecule has 102 valence electrons. The second-order valence-electron chi connectivity index (χ2n) is 6.38. The number of ether oxygens (including phenoxy) is 1. The molecule has 4 heteroatoms. The molecule has 2 rings (SSSR count). The van der Waals surface area contributed by atoms with Gasteiger partial charge in [0.2, 0.25) is 0 Å². The van der Waals surface area contributed by atoms with Gasteiger partial charge in [0, 0.05) is 19.0 Å². The highest BCUT2D eigenvalue weighted by atomic mass is 16.6. The fraction of sp³-hybridized carbons (Fsp3) is 0.857. The van der Waals surface area contributed by atoms with Gasteiger partial charge in [-0.1, -0.05) is 0 Å². The fourth-order valence-electron chi connectivity index (χ4n) is 3.10. The van der Waals surface area contributed by atoms with Gasteiger partial charge in [0.25, 0.3) is 0 Å². The van der Waals surface area contributed by atoms with Gasteiger partial charge < -0.3 is 14.4 Å². The third kappa shape index (κ3) is 2.85. The molecule has 18 heavy (non-hydrogen) atoms. The number of fused-ring (bicyclic) bond motifs is 1. The first kappa shape index (κ1) is 13.4. The van der Waals surface area contributed by atoms with Crippen molar-refractivity contribution in [2.75, 3.05) is 6.54 Å². The van der Waals surface area contributed by atoms with Crippen molar-refractivity contribution in [2.24, 2.45) is 11.8 Å². The molecule has 1 heterocycles. The third-order valence-corrected chi connectivity index (χ3v) is 3.83. The number of carbonyl (C=O) groups excluding carboxylic acids is 2. The number of hydrogen-bond donors (Lipinski definition) is 0. The molecule has 0 radical (unpaired) electrons. The Morgan fingerprint density at radius 1 is 1.44 bits per heavy atom. The van der Waals surface area contributed by atoms with E-state index in [9.17, 15) is 9.59 Å². The average Bonchev–Trinajstić information content (AvgIpc) is 2.97. The van der Waals surface area contributed by atoms with Crippen LogP contribution in [-0.2, 0) is 9.53 Å². The standard InChI is InChI=1S/C14H23NO3/c1-14(2,3)18-13(17)15-8-4-6-10-11(12(10)15)7-5-9-16/h9-12H,4-8H2,1-3H3/t10-,11?,12-/m1/s1. The van der Waals surface area contributed by atoms with Crippen LogP contribution in [0.15, 0.2) is 0 Å². The lowest BCUT2D eigenvalue weighted by atomic mass is 10.1. The zero-order valence-corrected chi connectivity index (χ0v) is 11.5. The summed E-state index contributed by atoms with van der Waals surface area (Å²) >= 11 is 0. The van der Waals surface area contributed by atoms with E-state index in [4.69, 9.17) is 4.74 Å². The summed E-state index contributed by atoms with van der Waals surface area (Å²) in [4.78, 5) is 24.4. The van der Waals surface area contributed by atoms with Gasteiger partial charge in [-0.15, -0.1) is 0 Å². The van der Waals surface area contributed by atoms with Gasteiger partial charge in [0.05, 0.1) is 0 Å². The van der Waals surface area contributed by atoms with E-state index in [2.05, 4.69) is 0 Å². The SMILES string of the molecule is CC(C)(C)OC(=O)N1CCC[C@@H]2C(CCC=O)[C@@H]21. The Morgan fingerprint density at radius 3 is 2.78 bits per heavy atom. The van der Waals surface area contributed by atoms with Crippen LogP contribution in [0.5, 0.6) is 0 Å². The number of aldehydes is 1. The van der Waals surface area contributed by atoms with Crippen molar-refractivity contribution in [2.45, 2.75) is 58.1 Å². The summed E-state index contributed by atoms with van der Waals surface area (Å²) in [6.07, 6.45) is 4.55. The minimum absolute atomic E-state index is 0.189. The number of likely N-dealkylation sites (tertiary alicyclic amines) is 1. The van der Waals surface area contributed by atoms with Gasteiger partial charge in [-0.25, -0.2) is 4.79 Å². The van der Waals surface area contributed by atoms with E-state index < -0.39 is 5.60 Å². The number of rotatable bonds is 3. The Kier molecular flexibility index (Phi) is 3.64. The Balaban J connectivity index is 1.93. The number of nitrogens with zero attached hydrogens (tertiary/aromatic N) is 1. The molecule has 3 atom stereocenters. The van der Waals surface area contributed by atoms with E-state index in [0.29, 0.717) is 24.3 Å². The Hall–Kier alpha value is -1.06. The molecule has 0 spiro atoms. The van der Waals surface area contributed by atoms with Gasteiger partial charge in [0.1, 0.15) is 11.9 Å². The predicted molar refractivity (Wildman–Crippen MR) is 68.2 cm³/mol. The van der Waals surface area contributed by atoms with Gasteiger partial charge in [-0.2, -0.15) is 0 Å². The molecule has 0 aromatic rings. The maximum atomic E-state index is 12.1. The summed E-state index contributed by atoms with van der Waals surface area (Å²) < 4.78 is 5.44. The average molecular weight is 253 g/mol. The van der Waals surface area contributed by atoms with Crippen LogP contribution in [-0.4, -0.2) is 35.5 Å². The van der Waals surface area contributed by atoms with Crippen LogP contribution in [0.3, 0.4) is 0 Å². The minimum atomic E-state index is -0.433. The summed E-state index contributed by atoms with van der Waals surface area (Å²) in [5, 5.41) is 0. The molecule has 1 unspecified atom stereocenters. The molecular weight excluding hydrogens is 230 g/mol. The van der Waals surface area contributed by atoms with E-state index in [0.717, 1.165) is 25.7 Å². The van der Waals surface area contributed by atoms with Crippen LogP contribution in [0.1, 0.15) is 46.5 Å². The molecule has 0 aromatic heterocycles. The van der Waals surface area contributed by atoms with Gasteiger partial charge in [0.15, 0.2) is 0 Å². The predicted octanol–water partition coefficient (Wildman–Crippen LogP) is 2.61. The Labute approximate surface area is 109 Å². The van der Waals surface area contributed by atoms with Gasteiger partial charge in [-0.05, 0) is 51.9 Å². The number of carbonyl (C=O) groups is 2. The zero-order valence-electron chi connectivity index (χ0n) is 11.5. The second kappa shape index (κ2) is 4.90. The van der Waals surface area contributed by atoms with Crippen LogP contribution in [0, 0.1) is 11.8 Å².